The summed E-state index contributed by atoms with van der Waals surface area (Å²) in [5, 5.41) is 4.46. The Hall–Kier alpha value is -3.61. The van der Waals surface area contributed by atoms with Gasteiger partial charge in [-0.1, -0.05) is 30.3 Å². The van der Waals surface area contributed by atoms with Gasteiger partial charge in [-0.3, -0.25) is 4.79 Å². The van der Waals surface area contributed by atoms with Crippen molar-refractivity contribution in [3.05, 3.63) is 77.9 Å². The fraction of sp³-hybridized carbons (Fsp3) is 0.320. The molecule has 0 saturated carbocycles. The van der Waals surface area contributed by atoms with E-state index in [1.165, 1.54) is 0 Å². The van der Waals surface area contributed by atoms with Gasteiger partial charge in [-0.15, -0.1) is 0 Å². The van der Waals surface area contributed by atoms with Crippen molar-refractivity contribution in [3.8, 4) is 5.75 Å². The average molecular weight is 430 g/mol. The molecule has 5 rings (SSSR count). The fourth-order valence-corrected chi connectivity index (χ4v) is 4.47. The lowest BCUT2D eigenvalue weighted by Crippen LogP contribution is -2.40. The van der Waals surface area contributed by atoms with E-state index in [0.29, 0.717) is 12.2 Å². The van der Waals surface area contributed by atoms with E-state index in [-0.39, 0.29) is 18.6 Å². The number of carbonyl (C=O) groups excluding carboxylic acids is 1. The maximum absolute atomic E-state index is 13.2. The van der Waals surface area contributed by atoms with Crippen LogP contribution in [0.5, 0.6) is 5.75 Å². The molecular weight excluding hydrogens is 402 g/mol. The third kappa shape index (κ3) is 3.86. The molecule has 7 heteroatoms. The van der Waals surface area contributed by atoms with Gasteiger partial charge in [0.2, 0.25) is 0 Å². The summed E-state index contributed by atoms with van der Waals surface area (Å²) in [6.07, 6.45) is 3.77. The second-order valence-electron chi connectivity index (χ2n) is 8.39. The topological polar surface area (TPSA) is 65.2 Å². The van der Waals surface area contributed by atoms with Crippen molar-refractivity contribution in [2.24, 2.45) is 7.05 Å². The number of nitrogens with zero attached hydrogens (tertiary/aromatic N) is 5. The summed E-state index contributed by atoms with van der Waals surface area (Å²) in [6, 6.07) is 17.8. The predicted octanol–water partition coefficient (Wildman–Crippen LogP) is 4.13. The third-order valence-corrected chi connectivity index (χ3v) is 6.20. The van der Waals surface area contributed by atoms with Gasteiger partial charge in [0.25, 0.3) is 5.91 Å². The molecule has 2 aromatic heterocycles. The molecule has 0 N–H and O–H groups in total. The predicted molar refractivity (Wildman–Crippen MR) is 123 cm³/mol. The number of para-hydroxylation sites is 3. The molecule has 1 amide bonds. The molecule has 0 aliphatic carbocycles. The number of imidazole rings is 1. The van der Waals surface area contributed by atoms with Crippen LogP contribution in [0.15, 0.2) is 60.8 Å². The number of aryl methyl sites for hydroxylation is 2. The zero-order valence-corrected chi connectivity index (χ0v) is 18.4. The maximum atomic E-state index is 13.2. The van der Waals surface area contributed by atoms with Crippen LogP contribution in [0, 0.1) is 6.92 Å². The van der Waals surface area contributed by atoms with Crippen LogP contribution in [0.3, 0.4) is 0 Å². The highest BCUT2D eigenvalue weighted by Gasteiger charge is 2.29. The molecule has 0 radical (unpaired) electrons. The normalized spacial score (nSPS) is 16.4. The lowest BCUT2D eigenvalue weighted by molar-refractivity contribution is 0.0695. The summed E-state index contributed by atoms with van der Waals surface area (Å²) in [5.74, 6) is 2.04. The summed E-state index contributed by atoms with van der Waals surface area (Å²) in [5.41, 5.74) is 3.64. The molecule has 0 spiro atoms. The van der Waals surface area contributed by atoms with Gasteiger partial charge in [0.05, 0.1) is 11.0 Å². The van der Waals surface area contributed by atoms with Crippen LogP contribution >= 0.6 is 0 Å². The van der Waals surface area contributed by atoms with Gasteiger partial charge in [-0.2, -0.15) is 5.10 Å². The number of aromatic nitrogens is 4. The second kappa shape index (κ2) is 8.49. The number of amides is 1. The van der Waals surface area contributed by atoms with Gasteiger partial charge in [-0.25, -0.2) is 9.67 Å². The Kier molecular flexibility index (Phi) is 5.39. The average Bonchev–Trinajstić information content (AvgIpc) is 3.43. The van der Waals surface area contributed by atoms with Gasteiger partial charge in [0.15, 0.2) is 12.4 Å². The van der Waals surface area contributed by atoms with Crippen molar-refractivity contribution in [1.29, 1.82) is 0 Å². The van der Waals surface area contributed by atoms with Crippen molar-refractivity contribution in [3.63, 3.8) is 0 Å². The number of hydrogen-bond donors (Lipinski definition) is 0. The SMILES string of the molecule is Cc1ccccc1OCn1ccc(C(=O)N2CCCC(c3nc4ccccc4n3C)C2)n1. The number of fused-ring (bicyclic) bond motifs is 1. The van der Waals surface area contributed by atoms with Crippen LogP contribution in [0.25, 0.3) is 11.0 Å². The first kappa shape index (κ1) is 20.3. The number of rotatable bonds is 5. The van der Waals surface area contributed by atoms with Gasteiger partial charge < -0.3 is 14.2 Å². The number of hydrogen-bond acceptors (Lipinski definition) is 4. The Morgan fingerprint density at radius 2 is 1.94 bits per heavy atom. The van der Waals surface area contributed by atoms with E-state index in [2.05, 4.69) is 22.8 Å². The molecule has 1 aliphatic heterocycles. The Balaban J connectivity index is 1.27. The van der Waals surface area contributed by atoms with E-state index >= 15 is 0 Å². The summed E-state index contributed by atoms with van der Waals surface area (Å²) in [6.45, 7) is 3.67. The lowest BCUT2D eigenvalue weighted by Gasteiger charge is -2.32. The molecule has 32 heavy (non-hydrogen) atoms. The van der Waals surface area contributed by atoms with Crippen LogP contribution in [-0.2, 0) is 13.8 Å². The number of benzene rings is 2. The minimum Gasteiger partial charge on any atom is -0.471 e. The van der Waals surface area contributed by atoms with Crippen molar-refractivity contribution in [1.82, 2.24) is 24.2 Å². The van der Waals surface area contributed by atoms with Gasteiger partial charge in [0, 0.05) is 32.3 Å². The summed E-state index contributed by atoms with van der Waals surface area (Å²) in [4.78, 5) is 19.9. The minimum absolute atomic E-state index is 0.0388. The first-order valence-electron chi connectivity index (χ1n) is 11.0. The van der Waals surface area contributed by atoms with Crippen LogP contribution < -0.4 is 4.74 Å². The Labute approximate surface area is 187 Å². The van der Waals surface area contributed by atoms with Crippen molar-refractivity contribution in [2.75, 3.05) is 13.1 Å². The van der Waals surface area contributed by atoms with Crippen LogP contribution in [0.1, 0.15) is 40.6 Å². The monoisotopic (exact) mass is 429 g/mol. The third-order valence-electron chi connectivity index (χ3n) is 6.20. The van der Waals surface area contributed by atoms with Crippen LogP contribution in [0.2, 0.25) is 0 Å². The zero-order chi connectivity index (χ0) is 22.1. The first-order chi connectivity index (χ1) is 15.6. The molecule has 164 valence electrons. The summed E-state index contributed by atoms with van der Waals surface area (Å²) >= 11 is 0. The molecule has 3 heterocycles. The van der Waals surface area contributed by atoms with Crippen molar-refractivity contribution in [2.45, 2.75) is 32.4 Å². The van der Waals surface area contributed by atoms with E-state index in [9.17, 15) is 4.79 Å². The quantitative estimate of drug-likeness (QED) is 0.478. The van der Waals surface area contributed by atoms with E-state index < -0.39 is 0 Å². The maximum Gasteiger partial charge on any atom is 0.274 e. The molecule has 1 unspecified atom stereocenters. The Bertz CT molecular complexity index is 1260. The molecule has 0 bridgehead atoms. The summed E-state index contributed by atoms with van der Waals surface area (Å²) in [7, 11) is 2.06. The lowest BCUT2D eigenvalue weighted by atomic mass is 9.97. The number of piperidine rings is 1. The number of carbonyl (C=O) groups is 1. The second-order valence-corrected chi connectivity index (χ2v) is 8.39. The molecule has 4 aromatic rings. The Morgan fingerprint density at radius 3 is 2.78 bits per heavy atom. The highest BCUT2D eigenvalue weighted by atomic mass is 16.5. The van der Waals surface area contributed by atoms with Crippen LogP contribution in [0.4, 0.5) is 0 Å². The Morgan fingerprint density at radius 1 is 1.12 bits per heavy atom. The number of ether oxygens (including phenoxy) is 1. The fourth-order valence-electron chi connectivity index (χ4n) is 4.47. The highest BCUT2D eigenvalue weighted by Crippen LogP contribution is 2.29. The minimum atomic E-state index is -0.0388. The van der Waals surface area contributed by atoms with E-state index in [0.717, 1.165) is 47.6 Å². The summed E-state index contributed by atoms with van der Waals surface area (Å²) < 4.78 is 9.66. The largest absolute Gasteiger partial charge is 0.471 e. The highest BCUT2D eigenvalue weighted by molar-refractivity contribution is 5.92. The molecule has 1 atom stereocenters. The number of likely N-dealkylation sites (tertiary alicyclic amines) is 1. The molecule has 1 aliphatic rings. The van der Waals surface area contributed by atoms with E-state index in [4.69, 9.17) is 9.72 Å². The van der Waals surface area contributed by atoms with Gasteiger partial charge >= 0.3 is 0 Å². The standard InChI is InChI=1S/C25H27N5O2/c1-18-8-3-6-12-23(18)32-17-30-15-13-21(27-30)25(31)29-14-7-9-19(16-29)24-26-20-10-4-5-11-22(20)28(24)2/h3-6,8,10-13,15,19H,7,9,14,16-17H2,1-2H3. The van der Waals surface area contributed by atoms with E-state index in [1.54, 1.807) is 16.9 Å². The van der Waals surface area contributed by atoms with Crippen LogP contribution in [-0.4, -0.2) is 43.2 Å². The van der Waals surface area contributed by atoms with Gasteiger partial charge in [0.1, 0.15) is 11.6 Å². The van der Waals surface area contributed by atoms with Gasteiger partial charge in [-0.05, 0) is 49.6 Å². The molecular formula is C25H27N5O2. The first-order valence-corrected chi connectivity index (χ1v) is 11.0. The molecule has 1 saturated heterocycles. The van der Waals surface area contributed by atoms with E-state index in [1.807, 2.05) is 54.3 Å². The molecule has 2 aromatic carbocycles. The molecule has 7 nitrogen and oxygen atoms in total. The van der Waals surface area contributed by atoms with Crippen molar-refractivity contribution < 1.29 is 9.53 Å². The zero-order valence-electron chi connectivity index (χ0n) is 18.4. The smallest absolute Gasteiger partial charge is 0.274 e. The molecule has 1 fully saturated rings. The van der Waals surface area contributed by atoms with Crippen molar-refractivity contribution >= 4 is 16.9 Å².